The second-order valence-electron chi connectivity index (χ2n) is 7.92. The zero-order chi connectivity index (χ0) is 23.9. The van der Waals surface area contributed by atoms with Gasteiger partial charge in [0.15, 0.2) is 16.1 Å². The van der Waals surface area contributed by atoms with E-state index in [4.69, 9.17) is 11.6 Å². The Morgan fingerprint density at radius 2 is 1.82 bits per heavy atom. The highest BCUT2D eigenvalue weighted by molar-refractivity contribution is 7.16. The fraction of sp³-hybridized carbons (Fsp3) is 0.381. The predicted molar refractivity (Wildman–Crippen MR) is 116 cm³/mol. The van der Waals surface area contributed by atoms with Gasteiger partial charge >= 0.3 is 6.18 Å². The molecule has 0 unspecified atom stereocenters. The molecule has 2 aromatic heterocycles. The van der Waals surface area contributed by atoms with Gasteiger partial charge in [0.05, 0.1) is 11.3 Å². The fourth-order valence-corrected chi connectivity index (χ4v) is 5.02. The van der Waals surface area contributed by atoms with E-state index in [1.54, 1.807) is 0 Å². The van der Waals surface area contributed by atoms with Crippen LogP contribution < -0.4 is 5.32 Å². The van der Waals surface area contributed by atoms with Crippen molar-refractivity contribution in [2.75, 3.05) is 5.32 Å². The van der Waals surface area contributed by atoms with E-state index in [0.717, 1.165) is 42.6 Å². The summed E-state index contributed by atoms with van der Waals surface area (Å²) in [7, 11) is 0. The standard InChI is InChI=1S/C21H19ClF5N5S/c1-10-3-4-11(2)32(10)8-15-17(12-5-13(21(25,26)27)7-14(23)6-12)30-20(33-15)31-19-16(24)18(22)28-9-29-19/h5-7,9-11H,3-4,8H2,1-2H3,(H,28,29,30,31)/t10-,11-/m1/s1. The van der Waals surface area contributed by atoms with Gasteiger partial charge in [0.25, 0.3) is 0 Å². The number of thiazole rings is 1. The molecule has 1 N–H and O–H groups in total. The lowest BCUT2D eigenvalue weighted by molar-refractivity contribution is -0.137. The highest BCUT2D eigenvalue weighted by atomic mass is 35.5. The lowest BCUT2D eigenvalue weighted by Crippen LogP contribution is -2.31. The summed E-state index contributed by atoms with van der Waals surface area (Å²) in [5.41, 5.74) is -0.927. The average Bonchev–Trinajstić information content (AvgIpc) is 3.28. The number of rotatable bonds is 5. The van der Waals surface area contributed by atoms with Gasteiger partial charge in [-0.05, 0) is 44.9 Å². The predicted octanol–water partition coefficient (Wildman–Crippen LogP) is 6.67. The summed E-state index contributed by atoms with van der Waals surface area (Å²) in [5, 5.41) is 2.51. The van der Waals surface area contributed by atoms with Crippen molar-refractivity contribution in [1.82, 2.24) is 19.9 Å². The Balaban J connectivity index is 1.78. The number of benzene rings is 1. The third kappa shape index (κ3) is 5.10. The number of anilines is 2. The summed E-state index contributed by atoms with van der Waals surface area (Å²) in [6.45, 7) is 4.55. The molecule has 5 nitrogen and oxygen atoms in total. The van der Waals surface area contributed by atoms with Crippen molar-refractivity contribution in [3.63, 3.8) is 0 Å². The molecule has 33 heavy (non-hydrogen) atoms. The first-order valence-electron chi connectivity index (χ1n) is 10.1. The van der Waals surface area contributed by atoms with Crippen LogP contribution in [0.15, 0.2) is 24.5 Å². The molecule has 0 spiro atoms. The van der Waals surface area contributed by atoms with E-state index in [1.165, 1.54) is 0 Å². The Labute approximate surface area is 195 Å². The Bertz CT molecular complexity index is 1160. The van der Waals surface area contributed by atoms with E-state index < -0.39 is 23.4 Å². The molecule has 0 aliphatic carbocycles. The maximum Gasteiger partial charge on any atom is 0.416 e. The third-order valence-electron chi connectivity index (χ3n) is 5.63. The van der Waals surface area contributed by atoms with Crippen molar-refractivity contribution >= 4 is 33.9 Å². The van der Waals surface area contributed by atoms with E-state index >= 15 is 0 Å². The molecule has 0 amide bonds. The first-order valence-corrected chi connectivity index (χ1v) is 11.3. The molecule has 2 atom stereocenters. The van der Waals surface area contributed by atoms with E-state index in [1.807, 2.05) is 0 Å². The molecule has 1 aliphatic rings. The van der Waals surface area contributed by atoms with Crippen LogP contribution in [0.5, 0.6) is 0 Å². The van der Waals surface area contributed by atoms with Crippen LogP contribution in [0.2, 0.25) is 5.15 Å². The molecule has 0 radical (unpaired) electrons. The lowest BCUT2D eigenvalue weighted by atomic mass is 10.1. The molecule has 12 heteroatoms. The first-order chi connectivity index (χ1) is 15.5. The summed E-state index contributed by atoms with van der Waals surface area (Å²) in [5.74, 6) is -2.13. The van der Waals surface area contributed by atoms with E-state index in [0.29, 0.717) is 17.5 Å². The van der Waals surface area contributed by atoms with Crippen molar-refractivity contribution in [1.29, 1.82) is 0 Å². The maximum absolute atomic E-state index is 14.3. The van der Waals surface area contributed by atoms with Crippen molar-refractivity contribution in [2.45, 2.75) is 51.5 Å². The van der Waals surface area contributed by atoms with Crippen LogP contribution in [0.3, 0.4) is 0 Å². The van der Waals surface area contributed by atoms with Gasteiger partial charge in [-0.2, -0.15) is 17.6 Å². The maximum atomic E-state index is 14.3. The normalized spacial score (nSPS) is 19.3. The molecule has 1 saturated heterocycles. The summed E-state index contributed by atoms with van der Waals surface area (Å²) in [6, 6.07) is 2.85. The Morgan fingerprint density at radius 3 is 2.48 bits per heavy atom. The zero-order valence-electron chi connectivity index (χ0n) is 17.6. The first kappa shape index (κ1) is 23.8. The number of halogens is 6. The molecule has 3 heterocycles. The number of alkyl halides is 3. The second-order valence-corrected chi connectivity index (χ2v) is 9.36. The summed E-state index contributed by atoms with van der Waals surface area (Å²) >= 11 is 6.83. The number of hydrogen-bond acceptors (Lipinski definition) is 6. The van der Waals surface area contributed by atoms with Crippen molar-refractivity contribution < 1.29 is 22.0 Å². The minimum Gasteiger partial charge on any atom is -0.314 e. The van der Waals surface area contributed by atoms with Crippen LogP contribution in [0.1, 0.15) is 37.1 Å². The summed E-state index contributed by atoms with van der Waals surface area (Å²) < 4.78 is 68.3. The van der Waals surface area contributed by atoms with Crippen LogP contribution in [0, 0.1) is 11.6 Å². The Kier molecular flexibility index (Phi) is 6.56. The molecule has 0 saturated carbocycles. The van der Waals surface area contributed by atoms with Gasteiger partial charge in [-0.3, -0.25) is 4.90 Å². The average molecular weight is 504 g/mol. The van der Waals surface area contributed by atoms with E-state index in [-0.39, 0.29) is 39.4 Å². The highest BCUT2D eigenvalue weighted by Gasteiger charge is 2.33. The van der Waals surface area contributed by atoms with Gasteiger partial charge in [-0.1, -0.05) is 22.9 Å². The number of aromatic nitrogens is 3. The minimum absolute atomic E-state index is 0.0117. The summed E-state index contributed by atoms with van der Waals surface area (Å²) in [4.78, 5) is 14.6. The number of hydrogen-bond donors (Lipinski definition) is 1. The van der Waals surface area contributed by atoms with Gasteiger partial charge in [0.1, 0.15) is 12.1 Å². The molecule has 1 fully saturated rings. The van der Waals surface area contributed by atoms with E-state index in [2.05, 4.69) is 39.0 Å². The Hall–Kier alpha value is -2.37. The number of nitrogens with zero attached hydrogens (tertiary/aromatic N) is 4. The molecule has 0 bridgehead atoms. The molecule has 176 valence electrons. The van der Waals surface area contributed by atoms with E-state index in [9.17, 15) is 22.0 Å². The van der Waals surface area contributed by atoms with Gasteiger partial charge in [-0.25, -0.2) is 19.3 Å². The monoisotopic (exact) mass is 503 g/mol. The van der Waals surface area contributed by atoms with Crippen LogP contribution in [0.4, 0.5) is 32.9 Å². The number of nitrogens with one attached hydrogen (secondary N) is 1. The van der Waals surface area contributed by atoms with Crippen molar-refractivity contribution in [2.24, 2.45) is 0 Å². The highest BCUT2D eigenvalue weighted by Crippen LogP contribution is 2.39. The summed E-state index contributed by atoms with van der Waals surface area (Å²) in [6.07, 6.45) is -1.67. The smallest absolute Gasteiger partial charge is 0.314 e. The van der Waals surface area contributed by atoms with Gasteiger partial charge < -0.3 is 5.32 Å². The second kappa shape index (κ2) is 9.11. The SMILES string of the molecule is C[C@@H]1CC[C@@H](C)N1Cc1sc(Nc2ncnc(Cl)c2F)nc1-c1cc(F)cc(C(F)(F)F)c1. The molecule has 1 aromatic carbocycles. The molecule has 1 aliphatic heterocycles. The zero-order valence-corrected chi connectivity index (χ0v) is 19.1. The number of likely N-dealkylation sites (tertiary alicyclic amines) is 1. The molecule has 4 rings (SSSR count). The largest absolute Gasteiger partial charge is 0.416 e. The van der Waals surface area contributed by atoms with Crippen LogP contribution >= 0.6 is 22.9 Å². The lowest BCUT2D eigenvalue weighted by Gasteiger charge is -2.25. The molecule has 3 aromatic rings. The van der Waals surface area contributed by atoms with Gasteiger partial charge in [-0.15, -0.1) is 0 Å². The van der Waals surface area contributed by atoms with Crippen molar-refractivity contribution in [3.05, 3.63) is 51.8 Å². The van der Waals surface area contributed by atoms with Crippen LogP contribution in [-0.2, 0) is 12.7 Å². The Morgan fingerprint density at radius 1 is 1.12 bits per heavy atom. The van der Waals surface area contributed by atoms with Gasteiger partial charge in [0, 0.05) is 29.1 Å². The van der Waals surface area contributed by atoms with Crippen LogP contribution in [-0.4, -0.2) is 31.9 Å². The molecular formula is C21H19ClF5N5S. The van der Waals surface area contributed by atoms with Gasteiger partial charge in [0.2, 0.25) is 5.82 Å². The molecular weight excluding hydrogens is 485 g/mol. The quantitative estimate of drug-likeness (QED) is 0.311. The van der Waals surface area contributed by atoms with Crippen LogP contribution in [0.25, 0.3) is 11.3 Å². The third-order valence-corrected chi connectivity index (χ3v) is 6.85. The topological polar surface area (TPSA) is 53.9 Å². The van der Waals surface area contributed by atoms with Crippen molar-refractivity contribution in [3.8, 4) is 11.3 Å². The fourth-order valence-electron chi connectivity index (χ4n) is 3.89. The minimum atomic E-state index is -4.72.